The summed E-state index contributed by atoms with van der Waals surface area (Å²) >= 11 is 0. The van der Waals surface area contributed by atoms with Gasteiger partial charge in [0, 0.05) is 37.1 Å². The topological polar surface area (TPSA) is 55.6 Å². The highest BCUT2D eigenvalue weighted by atomic mass is 16.5. The Morgan fingerprint density at radius 2 is 2.21 bits per heavy atom. The molecule has 0 bridgehead atoms. The Labute approximate surface area is 114 Å². The minimum Gasteiger partial charge on any atom is -0.398 e. The average Bonchev–Trinajstić information content (AvgIpc) is 3.18. The first-order valence-corrected chi connectivity index (χ1v) is 6.77. The van der Waals surface area contributed by atoms with Gasteiger partial charge in [-0.05, 0) is 43.9 Å². The van der Waals surface area contributed by atoms with Crippen molar-refractivity contribution in [1.82, 2.24) is 0 Å². The van der Waals surface area contributed by atoms with Crippen molar-refractivity contribution in [3.8, 4) is 0 Å². The highest BCUT2D eigenvalue weighted by molar-refractivity contribution is 6.00. The fourth-order valence-electron chi connectivity index (χ4n) is 1.95. The van der Waals surface area contributed by atoms with Gasteiger partial charge in [0.2, 0.25) is 0 Å². The second-order valence-electron chi connectivity index (χ2n) is 5.27. The van der Waals surface area contributed by atoms with Crippen molar-refractivity contribution in [2.24, 2.45) is 5.92 Å². The lowest BCUT2D eigenvalue weighted by atomic mass is 10.1. The smallest absolute Gasteiger partial charge is 0.161 e. The standard InChI is InChI=1S/C15H22N2O2/c1-11(18)14-9-13(5-6-15(14)16)17(2)7-8-19-10-12-3-4-12/h5-6,9,12H,3-4,7-8,10,16H2,1-2H3. The molecule has 0 saturated heterocycles. The number of Topliss-reactive ketones (excluding diaryl/α,β-unsaturated/α-hetero) is 1. The molecule has 4 heteroatoms. The molecule has 1 aromatic carbocycles. The minimum absolute atomic E-state index is 0.00210. The van der Waals surface area contributed by atoms with E-state index in [2.05, 4.69) is 4.90 Å². The monoisotopic (exact) mass is 262 g/mol. The largest absolute Gasteiger partial charge is 0.398 e. The Hall–Kier alpha value is -1.55. The molecule has 1 fully saturated rings. The van der Waals surface area contributed by atoms with Crippen LogP contribution in [0.4, 0.5) is 11.4 Å². The molecule has 1 aliphatic carbocycles. The average molecular weight is 262 g/mol. The van der Waals surface area contributed by atoms with Crippen molar-refractivity contribution in [3.05, 3.63) is 23.8 Å². The maximum Gasteiger partial charge on any atom is 0.161 e. The highest BCUT2D eigenvalue weighted by Gasteiger charge is 2.21. The lowest BCUT2D eigenvalue weighted by Gasteiger charge is -2.20. The zero-order valence-corrected chi connectivity index (χ0v) is 11.7. The van der Waals surface area contributed by atoms with Crippen LogP contribution in [0.2, 0.25) is 0 Å². The quantitative estimate of drug-likeness (QED) is 0.465. The van der Waals surface area contributed by atoms with E-state index in [4.69, 9.17) is 10.5 Å². The number of nitrogen functional groups attached to an aromatic ring is 1. The van der Waals surface area contributed by atoms with E-state index >= 15 is 0 Å². The fourth-order valence-corrected chi connectivity index (χ4v) is 1.95. The molecule has 0 aliphatic heterocycles. The lowest BCUT2D eigenvalue weighted by molar-refractivity contribution is 0.101. The number of likely N-dealkylation sites (N-methyl/N-ethyl adjacent to an activating group) is 1. The second-order valence-corrected chi connectivity index (χ2v) is 5.27. The summed E-state index contributed by atoms with van der Waals surface area (Å²) in [7, 11) is 2.00. The fraction of sp³-hybridized carbons (Fsp3) is 0.533. The van der Waals surface area contributed by atoms with Crippen molar-refractivity contribution >= 4 is 17.2 Å². The maximum absolute atomic E-state index is 11.5. The number of ketones is 1. The van der Waals surface area contributed by atoms with Crippen LogP contribution in [0.1, 0.15) is 30.1 Å². The SMILES string of the molecule is CC(=O)c1cc(N(C)CCOCC2CC2)ccc1N. The summed E-state index contributed by atoms with van der Waals surface area (Å²) in [5.41, 5.74) is 7.91. The molecule has 1 aromatic rings. The number of carbonyl (C=O) groups excluding carboxylic acids is 1. The van der Waals surface area contributed by atoms with Crippen molar-refractivity contribution in [1.29, 1.82) is 0 Å². The van der Waals surface area contributed by atoms with E-state index in [1.165, 1.54) is 19.8 Å². The predicted octanol–water partition coefficient (Wildman–Crippen LogP) is 2.33. The van der Waals surface area contributed by atoms with Gasteiger partial charge in [0.25, 0.3) is 0 Å². The Morgan fingerprint density at radius 1 is 1.47 bits per heavy atom. The molecule has 2 N–H and O–H groups in total. The van der Waals surface area contributed by atoms with Gasteiger partial charge in [-0.3, -0.25) is 4.79 Å². The van der Waals surface area contributed by atoms with Crippen LogP contribution in [-0.2, 0) is 4.74 Å². The van der Waals surface area contributed by atoms with E-state index in [0.29, 0.717) is 17.9 Å². The van der Waals surface area contributed by atoms with Crippen LogP contribution >= 0.6 is 0 Å². The number of rotatable bonds is 7. The molecule has 2 rings (SSSR count). The summed E-state index contributed by atoms with van der Waals surface area (Å²) in [6, 6.07) is 5.56. The summed E-state index contributed by atoms with van der Waals surface area (Å²) in [5, 5.41) is 0. The van der Waals surface area contributed by atoms with Gasteiger partial charge in [-0.2, -0.15) is 0 Å². The summed E-state index contributed by atoms with van der Waals surface area (Å²) < 4.78 is 5.62. The molecular formula is C15H22N2O2. The summed E-state index contributed by atoms with van der Waals surface area (Å²) in [5.74, 6) is 0.795. The number of ether oxygens (including phenoxy) is 1. The van der Waals surface area contributed by atoms with Gasteiger partial charge in [-0.15, -0.1) is 0 Å². The van der Waals surface area contributed by atoms with Gasteiger partial charge in [-0.1, -0.05) is 0 Å². The molecule has 0 aromatic heterocycles. The van der Waals surface area contributed by atoms with Crippen LogP contribution in [0.25, 0.3) is 0 Å². The first-order valence-electron chi connectivity index (χ1n) is 6.77. The normalized spacial score (nSPS) is 14.4. The van der Waals surface area contributed by atoms with Crippen LogP contribution < -0.4 is 10.6 Å². The summed E-state index contributed by atoms with van der Waals surface area (Å²) in [6.07, 6.45) is 2.63. The zero-order valence-electron chi connectivity index (χ0n) is 11.7. The van der Waals surface area contributed by atoms with Crippen LogP contribution in [-0.4, -0.2) is 32.6 Å². The third-order valence-electron chi connectivity index (χ3n) is 3.48. The molecule has 0 heterocycles. The minimum atomic E-state index is -0.00210. The van der Waals surface area contributed by atoms with Gasteiger partial charge in [-0.25, -0.2) is 0 Å². The number of nitrogens with zero attached hydrogens (tertiary/aromatic N) is 1. The van der Waals surface area contributed by atoms with Crippen molar-refractivity contribution in [2.75, 3.05) is 37.4 Å². The number of nitrogens with two attached hydrogens (primary N) is 1. The molecule has 0 spiro atoms. The van der Waals surface area contributed by atoms with E-state index in [9.17, 15) is 4.79 Å². The first kappa shape index (κ1) is 13.9. The molecule has 0 atom stereocenters. The Bertz CT molecular complexity index is 455. The predicted molar refractivity (Wildman–Crippen MR) is 77.7 cm³/mol. The van der Waals surface area contributed by atoms with E-state index in [0.717, 1.165) is 24.8 Å². The van der Waals surface area contributed by atoms with Crippen LogP contribution in [0.3, 0.4) is 0 Å². The summed E-state index contributed by atoms with van der Waals surface area (Å²) in [4.78, 5) is 13.5. The number of carbonyl (C=O) groups is 1. The van der Waals surface area contributed by atoms with Gasteiger partial charge >= 0.3 is 0 Å². The molecular weight excluding hydrogens is 240 g/mol. The van der Waals surface area contributed by atoms with Crippen LogP contribution in [0.5, 0.6) is 0 Å². The van der Waals surface area contributed by atoms with Crippen molar-refractivity contribution < 1.29 is 9.53 Å². The molecule has 0 amide bonds. The van der Waals surface area contributed by atoms with Gasteiger partial charge in [0.1, 0.15) is 0 Å². The van der Waals surface area contributed by atoms with Gasteiger partial charge in [0.15, 0.2) is 5.78 Å². The van der Waals surface area contributed by atoms with E-state index < -0.39 is 0 Å². The summed E-state index contributed by atoms with van der Waals surface area (Å²) in [6.45, 7) is 3.95. The zero-order chi connectivity index (χ0) is 13.8. The second kappa shape index (κ2) is 6.06. The first-order chi connectivity index (χ1) is 9.08. The molecule has 1 saturated carbocycles. The van der Waals surface area contributed by atoms with Crippen molar-refractivity contribution in [3.63, 3.8) is 0 Å². The third kappa shape index (κ3) is 3.96. The number of benzene rings is 1. The van der Waals surface area contributed by atoms with Crippen LogP contribution in [0.15, 0.2) is 18.2 Å². The van der Waals surface area contributed by atoms with Crippen molar-refractivity contribution in [2.45, 2.75) is 19.8 Å². The molecule has 1 aliphatic rings. The number of anilines is 2. The molecule has 104 valence electrons. The molecule has 4 nitrogen and oxygen atoms in total. The number of hydrogen-bond acceptors (Lipinski definition) is 4. The Morgan fingerprint density at radius 3 is 2.84 bits per heavy atom. The maximum atomic E-state index is 11.5. The highest BCUT2D eigenvalue weighted by Crippen LogP contribution is 2.28. The number of hydrogen-bond donors (Lipinski definition) is 1. The van der Waals surface area contributed by atoms with Gasteiger partial charge in [0.05, 0.1) is 6.61 Å². The Balaban J connectivity index is 1.88. The lowest BCUT2D eigenvalue weighted by Crippen LogP contribution is -2.23. The van der Waals surface area contributed by atoms with E-state index in [1.54, 1.807) is 6.07 Å². The van der Waals surface area contributed by atoms with Gasteiger partial charge < -0.3 is 15.4 Å². The third-order valence-corrected chi connectivity index (χ3v) is 3.48. The molecule has 0 radical (unpaired) electrons. The molecule has 19 heavy (non-hydrogen) atoms. The molecule has 0 unspecified atom stereocenters. The van der Waals surface area contributed by atoms with E-state index in [1.807, 2.05) is 19.2 Å². The van der Waals surface area contributed by atoms with Crippen LogP contribution in [0, 0.1) is 5.92 Å². The van der Waals surface area contributed by atoms with E-state index in [-0.39, 0.29) is 5.78 Å². The Kier molecular flexibility index (Phi) is 4.43.